The van der Waals surface area contributed by atoms with Crippen LogP contribution in [0.3, 0.4) is 0 Å². The molecule has 5 rings (SSSR count). The maximum Gasteiger partial charge on any atom is 0.208 e. The van der Waals surface area contributed by atoms with Gasteiger partial charge in [-0.25, -0.2) is 5.01 Å². The largest absolute Gasteiger partial charge is 0.496 e. The number of hydrogen-bond acceptors (Lipinski definition) is 4. The summed E-state index contributed by atoms with van der Waals surface area (Å²) < 4.78 is 12.3. The molecule has 0 aliphatic carbocycles. The number of methoxy groups -OCH3 is 1. The minimum Gasteiger partial charge on any atom is -0.496 e. The number of nitrogens with one attached hydrogen (secondary N) is 1. The molecule has 0 bridgehead atoms. The Morgan fingerprint density at radius 2 is 1.89 bits per heavy atom. The molecule has 5 nitrogen and oxygen atoms in total. The Balaban J connectivity index is 1.57. The first kappa shape index (κ1) is 17.6. The lowest BCUT2D eigenvalue weighted by molar-refractivity contribution is -0.906. The van der Waals surface area contributed by atoms with E-state index in [0.29, 0.717) is 0 Å². The Kier molecular flexibility index (Phi) is 4.27. The Morgan fingerprint density at radius 1 is 1.14 bits per heavy atom. The van der Waals surface area contributed by atoms with Crippen molar-refractivity contribution in [2.45, 2.75) is 38.0 Å². The molecule has 1 atom stereocenters. The number of quaternary nitrogens is 1. The summed E-state index contributed by atoms with van der Waals surface area (Å²) in [5, 5.41) is 7.43. The first-order valence-electron chi connectivity index (χ1n) is 10.4. The van der Waals surface area contributed by atoms with Crippen LogP contribution in [0, 0.1) is 0 Å². The summed E-state index contributed by atoms with van der Waals surface area (Å²) in [6.07, 6.45) is 2.89. The maximum absolute atomic E-state index is 6.68. The molecule has 5 heteroatoms. The summed E-state index contributed by atoms with van der Waals surface area (Å²) >= 11 is 0. The van der Waals surface area contributed by atoms with E-state index < -0.39 is 0 Å². The molecule has 3 heterocycles. The number of para-hydroxylation sites is 2. The summed E-state index contributed by atoms with van der Waals surface area (Å²) in [5.41, 5.74) is 3.09. The van der Waals surface area contributed by atoms with Gasteiger partial charge in [0.05, 0.1) is 51.3 Å². The second-order valence-electron chi connectivity index (χ2n) is 8.00. The lowest BCUT2D eigenvalue weighted by Crippen LogP contribution is -3.13. The van der Waals surface area contributed by atoms with Crippen molar-refractivity contribution in [3.63, 3.8) is 0 Å². The highest BCUT2D eigenvalue weighted by Gasteiger charge is 2.52. The molecule has 146 valence electrons. The van der Waals surface area contributed by atoms with Crippen molar-refractivity contribution >= 4 is 5.71 Å². The van der Waals surface area contributed by atoms with Crippen LogP contribution in [0.1, 0.15) is 43.4 Å². The molecule has 0 amide bonds. The number of hydrazone groups is 1. The van der Waals surface area contributed by atoms with E-state index in [1.165, 1.54) is 12.1 Å². The molecule has 2 aromatic rings. The van der Waals surface area contributed by atoms with Gasteiger partial charge in [0.1, 0.15) is 11.5 Å². The van der Waals surface area contributed by atoms with Gasteiger partial charge in [0.15, 0.2) is 0 Å². The predicted molar refractivity (Wildman–Crippen MR) is 109 cm³/mol. The zero-order valence-electron chi connectivity index (χ0n) is 16.6. The van der Waals surface area contributed by atoms with Gasteiger partial charge in [-0.2, -0.15) is 5.10 Å². The molecular weight excluding hydrogens is 350 g/mol. The first-order valence-corrected chi connectivity index (χ1v) is 10.4. The number of likely N-dealkylation sites (tertiary alicyclic amines) is 1. The summed E-state index contributed by atoms with van der Waals surface area (Å²) in [4.78, 5) is 1.65. The molecule has 0 saturated carbocycles. The number of nitrogens with zero attached hydrogens (tertiary/aromatic N) is 2. The van der Waals surface area contributed by atoms with Gasteiger partial charge in [-0.3, -0.25) is 0 Å². The van der Waals surface area contributed by atoms with Crippen LogP contribution in [0.15, 0.2) is 53.6 Å². The van der Waals surface area contributed by atoms with Gasteiger partial charge >= 0.3 is 0 Å². The van der Waals surface area contributed by atoms with Crippen LogP contribution in [0.4, 0.5) is 0 Å². The van der Waals surface area contributed by atoms with Crippen molar-refractivity contribution in [3.05, 3.63) is 59.7 Å². The Morgan fingerprint density at radius 3 is 2.68 bits per heavy atom. The number of fused-ring (bicyclic) bond motifs is 4. The quantitative estimate of drug-likeness (QED) is 0.892. The van der Waals surface area contributed by atoms with Gasteiger partial charge in [-0.05, 0) is 25.1 Å². The number of benzene rings is 2. The van der Waals surface area contributed by atoms with E-state index in [0.717, 1.165) is 55.1 Å². The van der Waals surface area contributed by atoms with E-state index in [1.54, 1.807) is 12.0 Å². The van der Waals surface area contributed by atoms with Gasteiger partial charge in [0.2, 0.25) is 5.72 Å². The Bertz CT molecular complexity index is 902. The van der Waals surface area contributed by atoms with Crippen molar-refractivity contribution in [2.24, 2.45) is 5.10 Å². The Hall–Kier alpha value is -2.53. The molecule has 1 saturated heterocycles. The van der Waals surface area contributed by atoms with Gasteiger partial charge < -0.3 is 14.4 Å². The zero-order chi connectivity index (χ0) is 19.1. The molecule has 1 spiro atoms. The van der Waals surface area contributed by atoms with Crippen LogP contribution in [0.2, 0.25) is 0 Å². The fourth-order valence-corrected chi connectivity index (χ4v) is 4.95. The number of rotatable bonds is 3. The van der Waals surface area contributed by atoms with Crippen LogP contribution in [0.5, 0.6) is 11.5 Å². The molecule has 0 unspecified atom stereocenters. The summed E-state index contributed by atoms with van der Waals surface area (Å²) in [6.45, 7) is 5.69. The summed E-state index contributed by atoms with van der Waals surface area (Å²) in [5.74, 6) is 1.91. The SMILES string of the molecule is CC[NH+]1CCC2(CC1)Oc1ccccc1[C@H]1CC(c3ccccc3OC)=NN12. The molecule has 0 radical (unpaired) electrons. The number of hydrogen-bond donors (Lipinski definition) is 1. The van der Waals surface area contributed by atoms with Crippen LogP contribution in [0.25, 0.3) is 0 Å². The lowest BCUT2D eigenvalue weighted by Gasteiger charge is -2.50. The molecule has 3 aliphatic heterocycles. The van der Waals surface area contributed by atoms with Gasteiger partial charge in [-0.1, -0.05) is 30.3 Å². The van der Waals surface area contributed by atoms with Gasteiger partial charge in [-0.15, -0.1) is 0 Å². The van der Waals surface area contributed by atoms with Crippen LogP contribution in [-0.4, -0.2) is 43.2 Å². The van der Waals surface area contributed by atoms with Crippen LogP contribution in [-0.2, 0) is 0 Å². The predicted octanol–water partition coefficient (Wildman–Crippen LogP) is 2.63. The average molecular weight is 378 g/mol. The minimum absolute atomic E-state index is 0.230. The van der Waals surface area contributed by atoms with E-state index in [9.17, 15) is 0 Å². The standard InChI is InChI=1S/C23H27N3O2/c1-3-25-14-12-23(13-15-25)26-20(18-9-5-7-11-22(18)28-23)16-19(24-26)17-8-4-6-10-21(17)27-2/h4-11,20H,3,12-16H2,1-2H3/p+1/t20-/m1/s1. The van der Waals surface area contributed by atoms with E-state index >= 15 is 0 Å². The zero-order valence-corrected chi connectivity index (χ0v) is 16.6. The highest BCUT2D eigenvalue weighted by atomic mass is 16.5. The molecule has 28 heavy (non-hydrogen) atoms. The van der Waals surface area contributed by atoms with Crippen molar-refractivity contribution in [1.82, 2.24) is 5.01 Å². The second kappa shape index (κ2) is 6.82. The monoisotopic (exact) mass is 378 g/mol. The second-order valence-corrected chi connectivity index (χ2v) is 8.00. The minimum atomic E-state index is -0.332. The third kappa shape index (κ3) is 2.68. The molecular formula is C23H28N3O2+. The molecule has 2 aromatic carbocycles. The summed E-state index contributed by atoms with van der Waals surface area (Å²) in [6, 6.07) is 16.9. The van der Waals surface area contributed by atoms with E-state index in [1.807, 2.05) is 12.1 Å². The van der Waals surface area contributed by atoms with E-state index in [2.05, 4.69) is 48.3 Å². The van der Waals surface area contributed by atoms with Crippen molar-refractivity contribution in [3.8, 4) is 11.5 Å². The molecule has 3 aliphatic rings. The topological polar surface area (TPSA) is 38.5 Å². The normalized spacial score (nSPS) is 28.4. The third-order valence-corrected chi connectivity index (χ3v) is 6.56. The van der Waals surface area contributed by atoms with Crippen LogP contribution >= 0.6 is 0 Å². The smallest absolute Gasteiger partial charge is 0.208 e. The van der Waals surface area contributed by atoms with Crippen molar-refractivity contribution in [1.29, 1.82) is 0 Å². The van der Waals surface area contributed by atoms with Crippen molar-refractivity contribution < 1.29 is 14.4 Å². The van der Waals surface area contributed by atoms with E-state index in [4.69, 9.17) is 14.6 Å². The van der Waals surface area contributed by atoms with Crippen LogP contribution < -0.4 is 14.4 Å². The lowest BCUT2D eigenvalue weighted by atomic mass is 9.90. The highest BCUT2D eigenvalue weighted by Crippen LogP contribution is 2.49. The third-order valence-electron chi connectivity index (χ3n) is 6.56. The molecule has 0 aromatic heterocycles. The average Bonchev–Trinajstić information content (AvgIpc) is 3.21. The maximum atomic E-state index is 6.68. The Labute approximate surface area is 166 Å². The van der Waals surface area contributed by atoms with Gasteiger partial charge in [0.25, 0.3) is 0 Å². The van der Waals surface area contributed by atoms with Gasteiger partial charge in [0, 0.05) is 17.5 Å². The molecule has 1 fully saturated rings. The molecule has 1 N–H and O–H groups in total. The summed E-state index contributed by atoms with van der Waals surface area (Å²) in [7, 11) is 1.73. The highest BCUT2D eigenvalue weighted by molar-refractivity contribution is 6.04. The fourth-order valence-electron chi connectivity index (χ4n) is 4.95. The first-order chi connectivity index (χ1) is 13.7. The van der Waals surface area contributed by atoms with E-state index in [-0.39, 0.29) is 11.8 Å². The number of piperidine rings is 1. The number of ether oxygens (including phenoxy) is 2. The van der Waals surface area contributed by atoms with Crippen molar-refractivity contribution in [2.75, 3.05) is 26.7 Å². The fraction of sp³-hybridized carbons (Fsp3) is 0.435.